The number of benzene rings is 2. The number of carbonyl (C=O) groups is 3. The molecule has 0 bridgehead atoms. The fourth-order valence-corrected chi connectivity index (χ4v) is 5.58. The van der Waals surface area contributed by atoms with Crippen molar-refractivity contribution in [3.63, 3.8) is 0 Å². The van der Waals surface area contributed by atoms with Crippen LogP contribution in [-0.2, 0) is 25.5 Å². The zero-order valence-electron chi connectivity index (χ0n) is 19.6. The molecule has 0 saturated carbocycles. The van der Waals surface area contributed by atoms with Gasteiger partial charge in [-0.15, -0.1) is 11.8 Å². The summed E-state index contributed by atoms with van der Waals surface area (Å²) in [5.74, 6) is -0.979. The van der Waals surface area contributed by atoms with E-state index in [0.29, 0.717) is 11.3 Å². The van der Waals surface area contributed by atoms with Crippen LogP contribution in [0.15, 0.2) is 89.1 Å². The second-order valence-electron chi connectivity index (χ2n) is 8.37. The molecule has 2 aliphatic rings. The topological polar surface area (TPSA) is 141 Å². The Morgan fingerprint density at radius 3 is 2.41 bits per heavy atom. The summed E-state index contributed by atoms with van der Waals surface area (Å²) in [6.45, 7) is 3.82. The first-order valence-electron chi connectivity index (χ1n) is 11.4. The van der Waals surface area contributed by atoms with Gasteiger partial charge in [-0.1, -0.05) is 78.5 Å². The van der Waals surface area contributed by atoms with Crippen molar-refractivity contribution in [3.05, 3.63) is 102 Å². The molecule has 37 heavy (non-hydrogen) atoms. The van der Waals surface area contributed by atoms with Crippen molar-refractivity contribution < 1.29 is 23.6 Å². The number of aromatic nitrogens is 2. The van der Waals surface area contributed by atoms with E-state index < -0.39 is 35.3 Å². The molecule has 1 unspecified atom stereocenters. The number of fused-ring (bicyclic) bond motifs is 1. The van der Waals surface area contributed by atoms with Crippen molar-refractivity contribution in [2.75, 3.05) is 11.5 Å². The van der Waals surface area contributed by atoms with Crippen LogP contribution in [0.5, 0.6) is 0 Å². The Kier molecular flexibility index (Phi) is 6.78. The molecule has 3 N–H and O–H groups in total. The van der Waals surface area contributed by atoms with E-state index in [-0.39, 0.29) is 24.0 Å². The van der Waals surface area contributed by atoms with E-state index in [9.17, 15) is 14.4 Å². The number of allylic oxidation sites excluding steroid dienone is 1. The summed E-state index contributed by atoms with van der Waals surface area (Å²) in [7, 11) is 0. The normalized spacial score (nSPS) is 18.7. The lowest BCUT2D eigenvalue weighted by molar-refractivity contribution is -0.154. The Labute approximate surface area is 216 Å². The molecule has 11 heteroatoms. The van der Waals surface area contributed by atoms with E-state index in [4.69, 9.17) is 10.5 Å². The lowest BCUT2D eigenvalue weighted by Gasteiger charge is -2.49. The molecule has 0 radical (unpaired) electrons. The van der Waals surface area contributed by atoms with Gasteiger partial charge in [0.25, 0.3) is 5.91 Å². The average molecular weight is 518 g/mol. The lowest BCUT2D eigenvalue weighted by atomic mass is 10.0. The van der Waals surface area contributed by atoms with Gasteiger partial charge < -0.3 is 20.3 Å². The maximum Gasteiger partial charge on any atom is 0.356 e. The van der Waals surface area contributed by atoms with Gasteiger partial charge in [0.1, 0.15) is 17.1 Å². The molecule has 2 atom stereocenters. The zero-order chi connectivity index (χ0) is 25.9. The van der Waals surface area contributed by atoms with Crippen molar-refractivity contribution in [2.45, 2.75) is 23.9 Å². The standard InChI is InChI=1S/C26H23N5O5S/c1-2-15-14-37-24-20(29-19(32)13-18-28-26(27)36-30-18)23(33)31(24)21(15)25(34)35-22(16-9-5-3-6-10-16)17-11-7-4-8-12-17/h2-12,20,22,24H,1,13-14H2,(H,29,32)(H2,27,28,30)/t20?,24-/m0/s1. The fraction of sp³-hybridized carbons (Fsp3) is 0.192. The van der Waals surface area contributed by atoms with E-state index >= 15 is 0 Å². The third-order valence-corrected chi connectivity index (χ3v) is 7.29. The molecule has 2 aliphatic heterocycles. The van der Waals surface area contributed by atoms with Crippen LogP contribution in [0.1, 0.15) is 23.1 Å². The van der Waals surface area contributed by atoms with Crippen LogP contribution in [0.3, 0.4) is 0 Å². The van der Waals surface area contributed by atoms with Gasteiger partial charge in [0.05, 0.1) is 6.42 Å². The van der Waals surface area contributed by atoms with Crippen molar-refractivity contribution in [1.29, 1.82) is 0 Å². The smallest absolute Gasteiger partial charge is 0.356 e. The highest BCUT2D eigenvalue weighted by Gasteiger charge is 2.54. The summed E-state index contributed by atoms with van der Waals surface area (Å²) < 4.78 is 10.7. The third-order valence-electron chi connectivity index (χ3n) is 5.99. The summed E-state index contributed by atoms with van der Waals surface area (Å²) in [5, 5.41) is 5.82. The van der Waals surface area contributed by atoms with Crippen molar-refractivity contribution in [3.8, 4) is 0 Å². The molecule has 1 fully saturated rings. The Morgan fingerprint density at radius 1 is 1.19 bits per heavy atom. The zero-order valence-corrected chi connectivity index (χ0v) is 20.4. The van der Waals surface area contributed by atoms with Crippen molar-refractivity contribution in [2.24, 2.45) is 0 Å². The van der Waals surface area contributed by atoms with Crippen LogP contribution in [0.4, 0.5) is 6.01 Å². The molecule has 3 heterocycles. The number of ether oxygens (including phenoxy) is 1. The van der Waals surface area contributed by atoms with Gasteiger partial charge in [0.15, 0.2) is 11.9 Å². The van der Waals surface area contributed by atoms with Gasteiger partial charge in [-0.05, 0) is 16.7 Å². The minimum absolute atomic E-state index is 0.112. The molecule has 1 saturated heterocycles. The van der Waals surface area contributed by atoms with E-state index in [2.05, 4.69) is 26.6 Å². The minimum Gasteiger partial charge on any atom is -0.448 e. The molecule has 0 aliphatic carbocycles. The second kappa shape index (κ2) is 10.3. The predicted octanol–water partition coefficient (Wildman–Crippen LogP) is 2.37. The molecule has 10 nitrogen and oxygen atoms in total. The molecule has 1 aromatic heterocycles. The summed E-state index contributed by atoms with van der Waals surface area (Å²) in [5.41, 5.74) is 7.71. The summed E-state index contributed by atoms with van der Waals surface area (Å²) in [6, 6.07) is 17.8. The molecule has 188 valence electrons. The Bertz CT molecular complexity index is 1330. The maximum absolute atomic E-state index is 13.6. The molecule has 3 aromatic rings. The number of rotatable bonds is 8. The molecule has 2 amide bonds. The number of esters is 1. The first-order chi connectivity index (χ1) is 18.0. The van der Waals surface area contributed by atoms with E-state index in [1.807, 2.05) is 60.7 Å². The maximum atomic E-state index is 13.6. The third kappa shape index (κ3) is 4.85. The number of amides is 2. The largest absolute Gasteiger partial charge is 0.448 e. The summed E-state index contributed by atoms with van der Waals surface area (Å²) in [4.78, 5) is 44.4. The van der Waals surface area contributed by atoms with Crippen LogP contribution < -0.4 is 11.1 Å². The van der Waals surface area contributed by atoms with E-state index in [1.165, 1.54) is 16.7 Å². The number of nitrogens with one attached hydrogen (secondary N) is 1. The highest BCUT2D eigenvalue weighted by molar-refractivity contribution is 8.00. The number of nitrogens with zero attached hydrogens (tertiary/aromatic N) is 3. The number of hydrogen-bond acceptors (Lipinski definition) is 9. The molecular formula is C26H23N5O5S. The number of hydrogen-bond donors (Lipinski definition) is 2. The molecule has 2 aromatic carbocycles. The Balaban J connectivity index is 1.35. The number of β-lactam (4-membered cyclic amide) rings is 1. The van der Waals surface area contributed by atoms with Gasteiger partial charge in [-0.25, -0.2) is 4.79 Å². The Hall–Kier alpha value is -4.38. The predicted molar refractivity (Wildman–Crippen MR) is 135 cm³/mol. The fourth-order valence-electron chi connectivity index (χ4n) is 4.24. The molecule has 0 spiro atoms. The van der Waals surface area contributed by atoms with Crippen LogP contribution in [0, 0.1) is 0 Å². The van der Waals surface area contributed by atoms with Gasteiger partial charge in [-0.3, -0.25) is 14.5 Å². The van der Waals surface area contributed by atoms with Gasteiger partial charge in [0, 0.05) is 5.75 Å². The highest BCUT2D eigenvalue weighted by Crippen LogP contribution is 2.41. The quantitative estimate of drug-likeness (QED) is 0.340. The van der Waals surface area contributed by atoms with Crippen LogP contribution in [-0.4, -0.2) is 50.0 Å². The summed E-state index contributed by atoms with van der Waals surface area (Å²) >= 11 is 1.43. The summed E-state index contributed by atoms with van der Waals surface area (Å²) in [6.07, 6.45) is 0.691. The number of nitrogen functional groups attached to an aromatic ring is 1. The van der Waals surface area contributed by atoms with E-state index in [1.54, 1.807) is 6.08 Å². The van der Waals surface area contributed by atoms with Crippen molar-refractivity contribution >= 4 is 35.6 Å². The minimum atomic E-state index is -0.810. The lowest BCUT2D eigenvalue weighted by Crippen LogP contribution is -2.70. The number of nitrogens with two attached hydrogens (primary N) is 1. The monoisotopic (exact) mass is 517 g/mol. The van der Waals surface area contributed by atoms with Crippen LogP contribution in [0.25, 0.3) is 0 Å². The second-order valence-corrected chi connectivity index (χ2v) is 9.47. The number of carbonyl (C=O) groups excluding carboxylic acids is 3. The molecule has 5 rings (SSSR count). The van der Waals surface area contributed by atoms with Gasteiger partial charge in [-0.2, -0.15) is 4.98 Å². The first kappa shape index (κ1) is 24.3. The Morgan fingerprint density at radius 2 is 1.84 bits per heavy atom. The van der Waals surface area contributed by atoms with Crippen LogP contribution in [0.2, 0.25) is 0 Å². The van der Waals surface area contributed by atoms with Crippen LogP contribution >= 0.6 is 11.8 Å². The van der Waals surface area contributed by atoms with Crippen molar-refractivity contribution in [1.82, 2.24) is 20.4 Å². The van der Waals surface area contributed by atoms with Gasteiger partial charge in [0.2, 0.25) is 5.91 Å². The van der Waals surface area contributed by atoms with E-state index in [0.717, 1.165) is 11.1 Å². The molecular weight excluding hydrogens is 494 g/mol. The number of anilines is 1. The SMILES string of the molecule is C=CC1=C(C(=O)OC(c2ccccc2)c2ccccc2)N2C(=O)C(NC(=O)Cc3noc(N)n3)[C@@H]2SC1. The van der Waals surface area contributed by atoms with Gasteiger partial charge >= 0.3 is 12.0 Å². The number of thioether (sulfide) groups is 1. The first-order valence-corrected chi connectivity index (χ1v) is 12.5. The highest BCUT2D eigenvalue weighted by atomic mass is 32.2. The average Bonchev–Trinajstić information content (AvgIpc) is 3.34.